The molecule has 5 heteroatoms. The van der Waals surface area contributed by atoms with Gasteiger partial charge in [0.05, 0.1) is 0 Å². The van der Waals surface area contributed by atoms with Crippen molar-refractivity contribution in [3.8, 4) is 22.5 Å². The van der Waals surface area contributed by atoms with Crippen LogP contribution in [0.25, 0.3) is 22.5 Å². The molecule has 2 nitrogen and oxygen atoms in total. The molecular weight excluding hydrogens is 624 g/mol. The Balaban J connectivity index is 0.000000227. The topological polar surface area (TPSA) is 25.8 Å². The molecule has 33 heavy (non-hydrogen) atoms. The van der Waals surface area contributed by atoms with Crippen molar-refractivity contribution in [1.29, 1.82) is 0 Å². The number of hydrogen-bond donors (Lipinski definition) is 0. The van der Waals surface area contributed by atoms with Crippen LogP contribution in [-0.2, 0) is 21.1 Å². The molecule has 2 aromatic carbocycles. The third kappa shape index (κ3) is 7.57. The molecule has 0 aliphatic heterocycles. The Morgan fingerprint density at radius 1 is 0.636 bits per heavy atom. The molecule has 2 heterocycles. The maximum atomic E-state index is 4.40. The molecule has 0 fully saturated rings. The smallest absolute Gasteiger partial charge is 0.305 e. The molecular formula is C28H28N2PtS2. The van der Waals surface area contributed by atoms with Crippen molar-refractivity contribution < 1.29 is 21.1 Å². The van der Waals surface area contributed by atoms with E-state index in [9.17, 15) is 0 Å². The predicted octanol–water partition coefficient (Wildman–Crippen LogP) is 7.77. The Labute approximate surface area is 221 Å². The molecule has 4 rings (SSSR count). The van der Waals surface area contributed by atoms with E-state index < -0.39 is 0 Å². The van der Waals surface area contributed by atoms with Gasteiger partial charge in [0, 0.05) is 22.2 Å². The number of nitrogens with zero attached hydrogens (tertiary/aromatic N) is 2. The van der Waals surface area contributed by atoms with E-state index in [0.717, 1.165) is 22.5 Å². The normalized spacial score (nSPS) is 10.1. The van der Waals surface area contributed by atoms with Gasteiger partial charge < -0.3 is 9.97 Å². The maximum absolute atomic E-state index is 4.40. The van der Waals surface area contributed by atoms with Crippen molar-refractivity contribution in [3.63, 3.8) is 0 Å². The molecule has 0 unspecified atom stereocenters. The van der Waals surface area contributed by atoms with Crippen LogP contribution in [0.15, 0.2) is 70.7 Å². The van der Waals surface area contributed by atoms with Gasteiger partial charge in [-0.05, 0) is 36.0 Å². The molecule has 0 spiro atoms. The van der Waals surface area contributed by atoms with E-state index in [-0.39, 0.29) is 21.1 Å². The average molecular weight is 652 g/mol. The third-order valence-electron chi connectivity index (χ3n) is 5.01. The Morgan fingerprint density at radius 3 is 1.36 bits per heavy atom. The van der Waals surface area contributed by atoms with Crippen LogP contribution in [-0.4, -0.2) is 22.5 Å². The fourth-order valence-electron chi connectivity index (χ4n) is 3.41. The number of pyridine rings is 2. The van der Waals surface area contributed by atoms with Crippen LogP contribution in [0.3, 0.4) is 0 Å². The molecule has 0 atom stereocenters. The number of thioether (sulfide) groups is 2. The van der Waals surface area contributed by atoms with Crippen molar-refractivity contribution in [2.24, 2.45) is 0 Å². The van der Waals surface area contributed by atoms with Gasteiger partial charge in [-0.15, -0.1) is 93.3 Å². The summed E-state index contributed by atoms with van der Waals surface area (Å²) in [7, 11) is 0. The zero-order valence-electron chi connectivity index (χ0n) is 19.8. The summed E-state index contributed by atoms with van der Waals surface area (Å²) < 4.78 is 0. The molecule has 0 N–H and O–H groups in total. The molecule has 0 saturated carbocycles. The third-order valence-corrected chi connectivity index (χ3v) is 6.46. The minimum atomic E-state index is 0. The van der Waals surface area contributed by atoms with Crippen LogP contribution >= 0.6 is 23.5 Å². The van der Waals surface area contributed by atoms with Gasteiger partial charge in [0.25, 0.3) is 0 Å². The molecule has 0 bridgehead atoms. The Kier molecular flexibility index (Phi) is 10.9. The monoisotopic (exact) mass is 651 g/mol. The van der Waals surface area contributed by atoms with Gasteiger partial charge in [-0.25, -0.2) is 0 Å². The van der Waals surface area contributed by atoms with E-state index in [0.29, 0.717) is 0 Å². The van der Waals surface area contributed by atoms with Crippen molar-refractivity contribution >= 4 is 23.5 Å². The first-order valence-corrected chi connectivity index (χ1v) is 12.8. The van der Waals surface area contributed by atoms with Gasteiger partial charge in [0.15, 0.2) is 0 Å². The second-order valence-electron chi connectivity index (χ2n) is 7.63. The fourth-order valence-corrected chi connectivity index (χ4v) is 4.26. The molecule has 0 amide bonds. The quantitative estimate of drug-likeness (QED) is 0.166. The van der Waals surface area contributed by atoms with Crippen LogP contribution < -0.4 is 0 Å². The van der Waals surface area contributed by atoms with Crippen LogP contribution in [0.5, 0.6) is 0 Å². The second-order valence-corrected chi connectivity index (χ2v) is 9.39. The fraction of sp³-hybridized carbons (Fsp3) is 0.214. The van der Waals surface area contributed by atoms with Crippen molar-refractivity contribution in [1.82, 2.24) is 9.97 Å². The summed E-state index contributed by atoms with van der Waals surface area (Å²) in [6.07, 6.45) is 7.86. The standard InChI is InChI=1S/2C14H14NS.Pt/c2*1-10-4-5-13(11(2)8-10)14-9-12(16-3)6-7-15-14;/h2*4,6-9H,1-3H3;/q2*-1;+2. The zero-order valence-corrected chi connectivity index (χ0v) is 23.7. The van der Waals surface area contributed by atoms with Crippen LogP contribution in [0.2, 0.25) is 0 Å². The summed E-state index contributed by atoms with van der Waals surface area (Å²) in [6, 6.07) is 23.2. The van der Waals surface area contributed by atoms with Gasteiger partial charge in [-0.3, -0.25) is 0 Å². The SMILES string of the molecule is CSc1ccnc(-c2[c-]cc(C)cc2C)c1.CSc1ccnc(-c2[c-]cc(C)cc2C)c1.[Pt+2]. The average Bonchev–Trinajstić information content (AvgIpc) is 2.79. The van der Waals surface area contributed by atoms with Crippen LogP contribution in [0.1, 0.15) is 22.3 Å². The number of aromatic nitrogens is 2. The Bertz CT molecular complexity index is 1110. The first kappa shape index (κ1) is 27.4. The summed E-state index contributed by atoms with van der Waals surface area (Å²) in [6.45, 7) is 8.37. The van der Waals surface area contributed by atoms with E-state index in [4.69, 9.17) is 0 Å². The minimum Gasteiger partial charge on any atom is -0.305 e. The molecule has 4 aromatic rings. The molecule has 0 radical (unpaired) electrons. The number of benzene rings is 2. The number of aryl methyl sites for hydroxylation is 4. The molecule has 0 aliphatic rings. The first-order valence-electron chi connectivity index (χ1n) is 10.4. The summed E-state index contributed by atoms with van der Waals surface area (Å²) in [5.74, 6) is 0. The number of hydrogen-bond acceptors (Lipinski definition) is 4. The van der Waals surface area contributed by atoms with E-state index in [1.54, 1.807) is 23.5 Å². The summed E-state index contributed by atoms with van der Waals surface area (Å²) >= 11 is 3.47. The van der Waals surface area contributed by atoms with E-state index >= 15 is 0 Å². The zero-order chi connectivity index (χ0) is 23.1. The van der Waals surface area contributed by atoms with Gasteiger partial charge in [0.1, 0.15) is 0 Å². The van der Waals surface area contributed by atoms with Crippen LogP contribution in [0.4, 0.5) is 0 Å². The number of rotatable bonds is 4. The van der Waals surface area contributed by atoms with Gasteiger partial charge in [-0.2, -0.15) is 0 Å². The molecule has 0 aliphatic carbocycles. The Morgan fingerprint density at radius 2 is 1.03 bits per heavy atom. The molecule has 172 valence electrons. The summed E-state index contributed by atoms with van der Waals surface area (Å²) in [4.78, 5) is 11.3. The Hall–Kier alpha value is -1.87. The summed E-state index contributed by atoms with van der Waals surface area (Å²) in [5.41, 5.74) is 9.14. The predicted molar refractivity (Wildman–Crippen MR) is 140 cm³/mol. The first-order chi connectivity index (χ1) is 15.4. The maximum Gasteiger partial charge on any atom is 2.00 e. The second kappa shape index (κ2) is 13.1. The summed E-state index contributed by atoms with van der Waals surface area (Å²) in [5, 5.41) is 0. The van der Waals surface area contributed by atoms with Gasteiger partial charge >= 0.3 is 21.1 Å². The van der Waals surface area contributed by atoms with Gasteiger partial charge in [-0.1, -0.05) is 39.8 Å². The largest absolute Gasteiger partial charge is 2.00 e. The minimum absolute atomic E-state index is 0. The van der Waals surface area contributed by atoms with E-state index in [1.807, 2.05) is 36.7 Å². The van der Waals surface area contributed by atoms with Crippen molar-refractivity contribution in [3.05, 3.63) is 95.3 Å². The van der Waals surface area contributed by atoms with Crippen LogP contribution in [0, 0.1) is 39.8 Å². The van der Waals surface area contributed by atoms with Crippen molar-refractivity contribution in [2.75, 3.05) is 12.5 Å². The van der Waals surface area contributed by atoms with E-state index in [2.05, 4.69) is 86.6 Å². The molecule has 0 saturated heterocycles. The van der Waals surface area contributed by atoms with E-state index in [1.165, 1.54) is 32.0 Å². The van der Waals surface area contributed by atoms with Crippen molar-refractivity contribution in [2.45, 2.75) is 37.5 Å². The molecule has 2 aromatic heterocycles. The van der Waals surface area contributed by atoms with Gasteiger partial charge in [0.2, 0.25) is 0 Å².